The summed E-state index contributed by atoms with van der Waals surface area (Å²) < 4.78 is 48.1. The number of benzene rings is 1. The van der Waals surface area contributed by atoms with Crippen LogP contribution in [0.25, 0.3) is 11.4 Å². The lowest BCUT2D eigenvalue weighted by molar-refractivity contribution is -0.138. The van der Waals surface area contributed by atoms with Gasteiger partial charge in [-0.15, -0.1) is 0 Å². The standard InChI is InChI=1S/C15H13F3N2O3S/c1-22-11-7-19-13(20-14(11)24-8-12(21)23-2)9-4-3-5-10(6-9)15(16,17)18/h3-7H,8H2,1-2H3. The summed E-state index contributed by atoms with van der Waals surface area (Å²) in [4.78, 5) is 19.5. The van der Waals surface area contributed by atoms with Crippen molar-refractivity contribution in [3.63, 3.8) is 0 Å². The van der Waals surface area contributed by atoms with Gasteiger partial charge in [-0.1, -0.05) is 23.9 Å². The van der Waals surface area contributed by atoms with E-state index < -0.39 is 17.7 Å². The highest BCUT2D eigenvalue weighted by molar-refractivity contribution is 8.00. The molecule has 0 saturated carbocycles. The van der Waals surface area contributed by atoms with Crippen molar-refractivity contribution in [2.45, 2.75) is 11.2 Å². The average molecular weight is 358 g/mol. The van der Waals surface area contributed by atoms with E-state index in [1.54, 1.807) is 0 Å². The molecule has 1 aromatic heterocycles. The van der Waals surface area contributed by atoms with Gasteiger partial charge >= 0.3 is 12.1 Å². The fourth-order valence-electron chi connectivity index (χ4n) is 1.76. The van der Waals surface area contributed by atoms with E-state index in [4.69, 9.17) is 4.74 Å². The first-order valence-electron chi connectivity index (χ1n) is 6.63. The van der Waals surface area contributed by atoms with E-state index >= 15 is 0 Å². The van der Waals surface area contributed by atoms with Gasteiger partial charge in [0, 0.05) is 5.56 Å². The summed E-state index contributed by atoms with van der Waals surface area (Å²) in [5.74, 6) is -0.0403. The Bertz CT molecular complexity index is 738. The Hall–Kier alpha value is -2.29. The predicted octanol–water partition coefficient (Wildman–Crippen LogP) is 3.44. The second kappa shape index (κ2) is 7.52. The molecule has 0 N–H and O–H groups in total. The van der Waals surface area contributed by atoms with Gasteiger partial charge in [-0.25, -0.2) is 9.97 Å². The van der Waals surface area contributed by atoms with E-state index in [0.717, 1.165) is 23.9 Å². The quantitative estimate of drug-likeness (QED) is 0.464. The van der Waals surface area contributed by atoms with Crippen LogP contribution < -0.4 is 4.74 Å². The van der Waals surface area contributed by atoms with E-state index in [2.05, 4.69) is 14.7 Å². The highest BCUT2D eigenvalue weighted by Crippen LogP contribution is 2.33. The number of hydrogen-bond donors (Lipinski definition) is 0. The van der Waals surface area contributed by atoms with Crippen LogP contribution in [-0.4, -0.2) is 35.9 Å². The Morgan fingerprint density at radius 2 is 2.04 bits per heavy atom. The van der Waals surface area contributed by atoms with Gasteiger partial charge in [0.15, 0.2) is 11.6 Å². The van der Waals surface area contributed by atoms with Gasteiger partial charge in [0.05, 0.1) is 31.7 Å². The van der Waals surface area contributed by atoms with Gasteiger partial charge in [-0.2, -0.15) is 13.2 Å². The maximum absolute atomic E-state index is 12.8. The maximum Gasteiger partial charge on any atom is 0.416 e. The van der Waals surface area contributed by atoms with Gasteiger partial charge in [0.25, 0.3) is 0 Å². The van der Waals surface area contributed by atoms with Crippen molar-refractivity contribution in [3.05, 3.63) is 36.0 Å². The molecule has 0 spiro atoms. The summed E-state index contributed by atoms with van der Waals surface area (Å²) in [6.45, 7) is 0. The minimum Gasteiger partial charge on any atom is -0.492 e. The van der Waals surface area contributed by atoms with Crippen LogP contribution in [0, 0.1) is 0 Å². The van der Waals surface area contributed by atoms with Crippen LogP contribution in [0.15, 0.2) is 35.5 Å². The molecule has 0 saturated heterocycles. The predicted molar refractivity (Wildman–Crippen MR) is 81.8 cm³/mol. The number of halogens is 3. The lowest BCUT2D eigenvalue weighted by Crippen LogP contribution is -2.06. The zero-order valence-electron chi connectivity index (χ0n) is 12.8. The van der Waals surface area contributed by atoms with Gasteiger partial charge in [0.1, 0.15) is 5.03 Å². The van der Waals surface area contributed by atoms with Gasteiger partial charge in [-0.05, 0) is 12.1 Å². The fourth-order valence-corrected chi connectivity index (χ4v) is 2.56. The number of esters is 1. The van der Waals surface area contributed by atoms with Crippen molar-refractivity contribution in [2.75, 3.05) is 20.0 Å². The van der Waals surface area contributed by atoms with Crippen molar-refractivity contribution < 1.29 is 27.4 Å². The number of nitrogens with zero attached hydrogens (tertiary/aromatic N) is 2. The minimum atomic E-state index is -4.45. The third-order valence-corrected chi connectivity index (χ3v) is 3.89. The van der Waals surface area contributed by atoms with Crippen molar-refractivity contribution in [3.8, 4) is 17.1 Å². The number of hydrogen-bond acceptors (Lipinski definition) is 6. The Morgan fingerprint density at radius 3 is 2.67 bits per heavy atom. The normalized spacial score (nSPS) is 11.2. The van der Waals surface area contributed by atoms with E-state index in [0.29, 0.717) is 10.8 Å². The molecule has 0 aliphatic rings. The molecular weight excluding hydrogens is 345 g/mol. The Morgan fingerprint density at radius 1 is 1.29 bits per heavy atom. The van der Waals surface area contributed by atoms with Crippen LogP contribution in [0.5, 0.6) is 5.75 Å². The summed E-state index contributed by atoms with van der Waals surface area (Å²) in [6.07, 6.45) is -3.10. The molecule has 1 aromatic carbocycles. The number of alkyl halides is 3. The highest BCUT2D eigenvalue weighted by Gasteiger charge is 2.30. The van der Waals surface area contributed by atoms with E-state index in [1.165, 1.54) is 32.5 Å². The number of ether oxygens (including phenoxy) is 2. The Labute approximate surface area is 140 Å². The molecule has 5 nitrogen and oxygen atoms in total. The monoisotopic (exact) mass is 358 g/mol. The molecule has 0 aliphatic carbocycles. The highest BCUT2D eigenvalue weighted by atomic mass is 32.2. The summed E-state index contributed by atoms with van der Waals surface area (Å²) in [5.41, 5.74) is -0.574. The van der Waals surface area contributed by atoms with Crippen molar-refractivity contribution >= 4 is 17.7 Å². The number of carbonyl (C=O) groups excluding carboxylic acids is 1. The topological polar surface area (TPSA) is 61.3 Å². The molecule has 0 bridgehead atoms. The van der Waals surface area contributed by atoms with Crippen LogP contribution in [-0.2, 0) is 15.7 Å². The van der Waals surface area contributed by atoms with Crippen LogP contribution >= 0.6 is 11.8 Å². The molecule has 128 valence electrons. The summed E-state index contributed by atoms with van der Waals surface area (Å²) in [5, 5.41) is 0.338. The molecule has 2 rings (SSSR count). The van der Waals surface area contributed by atoms with Crippen LogP contribution in [0.3, 0.4) is 0 Å². The second-order valence-corrected chi connectivity index (χ2v) is 5.47. The van der Waals surface area contributed by atoms with Crippen molar-refractivity contribution in [1.82, 2.24) is 9.97 Å². The lowest BCUT2D eigenvalue weighted by Gasteiger charge is -2.10. The van der Waals surface area contributed by atoms with Crippen molar-refractivity contribution in [2.24, 2.45) is 0 Å². The smallest absolute Gasteiger partial charge is 0.416 e. The third-order valence-electron chi connectivity index (χ3n) is 2.94. The fraction of sp³-hybridized carbons (Fsp3) is 0.267. The molecule has 24 heavy (non-hydrogen) atoms. The average Bonchev–Trinajstić information content (AvgIpc) is 2.58. The molecule has 0 radical (unpaired) electrons. The van der Waals surface area contributed by atoms with Gasteiger partial charge in [0.2, 0.25) is 0 Å². The first-order chi connectivity index (χ1) is 11.3. The third kappa shape index (κ3) is 4.38. The maximum atomic E-state index is 12.8. The molecule has 0 unspecified atom stereocenters. The molecule has 0 aliphatic heterocycles. The Kier molecular flexibility index (Phi) is 5.66. The number of aromatic nitrogens is 2. The molecular formula is C15H13F3N2O3S. The zero-order valence-corrected chi connectivity index (χ0v) is 13.6. The molecule has 0 fully saturated rings. The number of methoxy groups -OCH3 is 2. The van der Waals surface area contributed by atoms with E-state index in [1.807, 2.05) is 0 Å². The second-order valence-electron chi connectivity index (χ2n) is 4.51. The van der Waals surface area contributed by atoms with Gasteiger partial charge < -0.3 is 9.47 Å². The van der Waals surface area contributed by atoms with Crippen LogP contribution in [0.1, 0.15) is 5.56 Å². The van der Waals surface area contributed by atoms with Gasteiger partial charge in [-0.3, -0.25) is 4.79 Å². The summed E-state index contributed by atoms with van der Waals surface area (Å²) >= 11 is 1.05. The zero-order chi connectivity index (χ0) is 17.7. The number of rotatable bonds is 5. The van der Waals surface area contributed by atoms with E-state index in [9.17, 15) is 18.0 Å². The van der Waals surface area contributed by atoms with E-state index in [-0.39, 0.29) is 17.1 Å². The van der Waals surface area contributed by atoms with Crippen LogP contribution in [0.4, 0.5) is 13.2 Å². The minimum absolute atomic E-state index is 0.00803. The summed E-state index contributed by atoms with van der Waals surface area (Å²) in [6, 6.07) is 4.70. The number of thioether (sulfide) groups is 1. The van der Waals surface area contributed by atoms with Crippen molar-refractivity contribution in [1.29, 1.82) is 0 Å². The Balaban J connectivity index is 2.36. The molecule has 2 aromatic rings. The first kappa shape index (κ1) is 18.1. The number of carbonyl (C=O) groups is 1. The molecule has 0 amide bonds. The molecule has 0 atom stereocenters. The summed E-state index contributed by atoms with van der Waals surface area (Å²) in [7, 11) is 2.67. The first-order valence-corrected chi connectivity index (χ1v) is 7.62. The largest absolute Gasteiger partial charge is 0.492 e. The molecule has 9 heteroatoms. The molecule has 1 heterocycles. The van der Waals surface area contributed by atoms with Crippen LogP contribution in [0.2, 0.25) is 0 Å². The SMILES string of the molecule is COC(=O)CSc1nc(-c2cccc(C(F)(F)F)c2)ncc1OC. The lowest BCUT2D eigenvalue weighted by atomic mass is 10.1.